The summed E-state index contributed by atoms with van der Waals surface area (Å²) in [5.41, 5.74) is 10.4. The number of rotatable bonds is 2. The maximum Gasteiger partial charge on any atom is 0.198 e. The number of benzene rings is 2. The Morgan fingerprint density at radius 2 is 1.92 bits per heavy atom. The number of fused-ring (bicyclic) bond motifs is 2. The van der Waals surface area contributed by atoms with Gasteiger partial charge < -0.3 is 20.2 Å². The van der Waals surface area contributed by atoms with E-state index in [1.165, 1.54) is 0 Å². The smallest absolute Gasteiger partial charge is 0.198 e. The molecule has 3 N–H and O–H groups in total. The zero-order valence-electron chi connectivity index (χ0n) is 13.3. The first-order chi connectivity index (χ1) is 12.3. The van der Waals surface area contributed by atoms with Crippen LogP contribution in [0, 0.1) is 0 Å². The Morgan fingerprint density at radius 3 is 2.76 bits per heavy atom. The number of hydrogen-bond acceptors (Lipinski definition) is 5. The van der Waals surface area contributed by atoms with Gasteiger partial charge in [-0.1, -0.05) is 6.07 Å². The molecule has 2 aromatic heterocycles. The minimum atomic E-state index is 0.378. The van der Waals surface area contributed by atoms with E-state index in [2.05, 4.69) is 21.1 Å². The minimum Gasteiger partial charge on any atom is -0.486 e. The molecule has 0 amide bonds. The molecule has 0 saturated carbocycles. The molecule has 124 valence electrons. The average molecular weight is 333 g/mol. The summed E-state index contributed by atoms with van der Waals surface area (Å²) in [5, 5.41) is 4.33. The lowest BCUT2D eigenvalue weighted by Crippen LogP contribution is -2.15. The Balaban J connectivity index is 1.71. The van der Waals surface area contributed by atoms with Crippen LogP contribution in [0.15, 0.2) is 48.8 Å². The van der Waals surface area contributed by atoms with E-state index in [0.717, 1.165) is 39.3 Å². The van der Waals surface area contributed by atoms with Crippen LogP contribution >= 0.6 is 0 Å². The summed E-state index contributed by atoms with van der Waals surface area (Å²) in [6.07, 6.45) is 3.63. The van der Waals surface area contributed by atoms with Gasteiger partial charge in [0.15, 0.2) is 17.4 Å². The molecule has 5 rings (SSSR count). The van der Waals surface area contributed by atoms with Gasteiger partial charge in [0.05, 0.1) is 16.7 Å². The highest BCUT2D eigenvalue weighted by molar-refractivity contribution is 5.90. The molecule has 2 aromatic carbocycles. The molecule has 0 bridgehead atoms. The molecule has 0 radical (unpaired) electrons. The predicted molar refractivity (Wildman–Crippen MR) is 94.1 cm³/mol. The monoisotopic (exact) mass is 333 g/mol. The maximum absolute atomic E-state index is 5.86. The first kappa shape index (κ1) is 13.9. The van der Waals surface area contributed by atoms with Crippen molar-refractivity contribution >= 4 is 17.0 Å². The van der Waals surface area contributed by atoms with Crippen molar-refractivity contribution in [2.75, 3.05) is 18.9 Å². The number of imidazole rings is 1. The third-order valence-corrected chi connectivity index (χ3v) is 4.22. The van der Waals surface area contributed by atoms with Crippen molar-refractivity contribution < 1.29 is 9.47 Å². The van der Waals surface area contributed by atoms with Gasteiger partial charge in [0.2, 0.25) is 0 Å². The average Bonchev–Trinajstić information content (AvgIpc) is 3.29. The molecule has 0 aliphatic carbocycles. The van der Waals surface area contributed by atoms with E-state index in [4.69, 9.17) is 15.2 Å². The lowest BCUT2D eigenvalue weighted by atomic mass is 10.0. The molecular weight excluding hydrogens is 318 g/mol. The number of aromatic nitrogens is 4. The number of H-pyrrole nitrogens is 1. The number of anilines is 1. The van der Waals surface area contributed by atoms with Crippen LogP contribution in [0.25, 0.3) is 27.8 Å². The molecule has 1 aliphatic heterocycles. The molecule has 0 unspecified atom stereocenters. The second-order valence-corrected chi connectivity index (χ2v) is 5.82. The molecule has 7 nitrogen and oxygen atoms in total. The lowest BCUT2D eigenvalue weighted by Gasteiger charge is -2.19. The van der Waals surface area contributed by atoms with Crippen LogP contribution in [0.1, 0.15) is 0 Å². The van der Waals surface area contributed by atoms with Gasteiger partial charge in [-0.05, 0) is 41.5 Å². The fourth-order valence-electron chi connectivity index (χ4n) is 3.10. The number of hydrogen-bond donors (Lipinski definition) is 2. The van der Waals surface area contributed by atoms with Crippen LogP contribution in [-0.4, -0.2) is 33.0 Å². The number of nitrogens with zero attached hydrogens (tertiary/aromatic N) is 3. The van der Waals surface area contributed by atoms with E-state index in [1.54, 1.807) is 10.9 Å². The van der Waals surface area contributed by atoms with Gasteiger partial charge in [-0.15, -0.1) is 0 Å². The predicted octanol–water partition coefficient (Wildman–Crippen LogP) is 2.77. The van der Waals surface area contributed by atoms with E-state index in [-0.39, 0.29) is 0 Å². The number of ether oxygens (including phenoxy) is 2. The van der Waals surface area contributed by atoms with Crippen LogP contribution in [0.4, 0.5) is 5.95 Å². The lowest BCUT2D eigenvalue weighted by molar-refractivity contribution is 0.171. The molecule has 1 aliphatic rings. The fourth-order valence-corrected chi connectivity index (χ4v) is 3.10. The number of nitrogens with two attached hydrogens (primary N) is 1. The van der Waals surface area contributed by atoms with Crippen LogP contribution in [0.3, 0.4) is 0 Å². The van der Waals surface area contributed by atoms with Gasteiger partial charge in [0.1, 0.15) is 13.2 Å². The molecule has 3 heterocycles. The second kappa shape index (κ2) is 5.27. The number of nitrogens with one attached hydrogen (secondary N) is 1. The van der Waals surface area contributed by atoms with Gasteiger partial charge >= 0.3 is 0 Å². The third-order valence-electron chi connectivity index (χ3n) is 4.22. The first-order valence-electron chi connectivity index (χ1n) is 7.97. The van der Waals surface area contributed by atoms with Gasteiger partial charge in [0.25, 0.3) is 0 Å². The fraction of sp³-hybridized carbons (Fsp3) is 0.111. The first-order valence-corrected chi connectivity index (χ1v) is 7.97. The number of aromatic amines is 1. The SMILES string of the molecule is Nc1nc2cc(-c3ccc4c(c3)OCCO4)cc(-n3cccn3)c2[nH]1. The molecule has 7 heteroatoms. The van der Waals surface area contributed by atoms with Gasteiger partial charge in [-0.25, -0.2) is 9.67 Å². The molecule has 25 heavy (non-hydrogen) atoms. The van der Waals surface area contributed by atoms with E-state index in [1.807, 2.05) is 36.5 Å². The van der Waals surface area contributed by atoms with Crippen LogP contribution in [0.2, 0.25) is 0 Å². The highest BCUT2D eigenvalue weighted by Crippen LogP contribution is 2.36. The molecule has 0 spiro atoms. The summed E-state index contributed by atoms with van der Waals surface area (Å²) in [7, 11) is 0. The van der Waals surface area contributed by atoms with Gasteiger partial charge in [0, 0.05) is 12.4 Å². The molecule has 0 fully saturated rings. The summed E-state index contributed by atoms with van der Waals surface area (Å²) in [5.74, 6) is 1.90. The van der Waals surface area contributed by atoms with E-state index < -0.39 is 0 Å². The van der Waals surface area contributed by atoms with Crippen molar-refractivity contribution in [2.45, 2.75) is 0 Å². The van der Waals surface area contributed by atoms with Crippen LogP contribution < -0.4 is 15.2 Å². The zero-order valence-corrected chi connectivity index (χ0v) is 13.3. The van der Waals surface area contributed by atoms with Crippen molar-refractivity contribution in [1.82, 2.24) is 19.7 Å². The standard InChI is InChI=1S/C18H15N5O2/c19-18-21-13-8-12(9-14(17(13)22-18)23-5-1-4-20-23)11-2-3-15-16(10-11)25-7-6-24-15/h1-5,8-10H,6-7H2,(H3,19,21,22). The van der Waals surface area contributed by atoms with Crippen molar-refractivity contribution in [2.24, 2.45) is 0 Å². The van der Waals surface area contributed by atoms with Crippen molar-refractivity contribution in [3.05, 3.63) is 48.8 Å². The Morgan fingerprint density at radius 1 is 1.04 bits per heavy atom. The van der Waals surface area contributed by atoms with E-state index in [9.17, 15) is 0 Å². The number of nitrogen functional groups attached to an aromatic ring is 1. The summed E-state index contributed by atoms with van der Waals surface area (Å²) < 4.78 is 13.1. The maximum atomic E-state index is 5.86. The summed E-state index contributed by atoms with van der Waals surface area (Å²) in [6, 6.07) is 11.9. The van der Waals surface area contributed by atoms with Crippen molar-refractivity contribution in [3.8, 4) is 28.3 Å². The Hall–Kier alpha value is -3.48. The van der Waals surface area contributed by atoms with E-state index >= 15 is 0 Å². The highest BCUT2D eigenvalue weighted by Gasteiger charge is 2.15. The zero-order chi connectivity index (χ0) is 16.8. The van der Waals surface area contributed by atoms with Crippen molar-refractivity contribution in [3.63, 3.8) is 0 Å². The second-order valence-electron chi connectivity index (χ2n) is 5.82. The van der Waals surface area contributed by atoms with Gasteiger partial charge in [-0.3, -0.25) is 0 Å². The van der Waals surface area contributed by atoms with Crippen molar-refractivity contribution in [1.29, 1.82) is 0 Å². The van der Waals surface area contributed by atoms with Gasteiger partial charge in [-0.2, -0.15) is 5.10 Å². The topological polar surface area (TPSA) is 91.0 Å². The minimum absolute atomic E-state index is 0.378. The van der Waals surface area contributed by atoms with Crippen LogP contribution in [0.5, 0.6) is 11.5 Å². The molecule has 0 saturated heterocycles. The molecule has 0 atom stereocenters. The summed E-state index contributed by atoms with van der Waals surface area (Å²) in [6.45, 7) is 1.14. The summed E-state index contributed by atoms with van der Waals surface area (Å²) >= 11 is 0. The molecule has 4 aromatic rings. The van der Waals surface area contributed by atoms with Crippen LogP contribution in [-0.2, 0) is 0 Å². The third kappa shape index (κ3) is 2.28. The normalized spacial score (nSPS) is 13.3. The highest BCUT2D eigenvalue weighted by atomic mass is 16.6. The Labute approximate surface area is 143 Å². The molecular formula is C18H15N5O2. The summed E-state index contributed by atoms with van der Waals surface area (Å²) in [4.78, 5) is 7.49. The Bertz CT molecular complexity index is 1070. The van der Waals surface area contributed by atoms with E-state index in [0.29, 0.717) is 19.2 Å². The quantitative estimate of drug-likeness (QED) is 0.588. The Kier molecular flexibility index (Phi) is 2.93. The largest absolute Gasteiger partial charge is 0.486 e.